The third kappa shape index (κ3) is 3.72. The van der Waals surface area contributed by atoms with Crippen LogP contribution in [0.1, 0.15) is 17.0 Å². The molecule has 144 valence electrons. The Morgan fingerprint density at radius 2 is 1.93 bits per heavy atom. The number of benzene rings is 2. The van der Waals surface area contributed by atoms with Gasteiger partial charge in [-0.25, -0.2) is 0 Å². The van der Waals surface area contributed by atoms with E-state index in [9.17, 15) is 4.55 Å². The topological polar surface area (TPSA) is 75.1 Å². The second kappa shape index (κ2) is 7.61. The van der Waals surface area contributed by atoms with Crippen LogP contribution in [0.2, 0.25) is 0 Å². The van der Waals surface area contributed by atoms with E-state index in [-0.39, 0.29) is 0 Å². The molecule has 2 aromatic heterocycles. The number of nitrogens with one attached hydrogen (secondary N) is 2. The molecule has 4 rings (SSSR count). The number of rotatable bonds is 6. The van der Waals surface area contributed by atoms with E-state index in [1.54, 1.807) is 4.68 Å². The van der Waals surface area contributed by atoms with Gasteiger partial charge in [-0.2, -0.15) is 14.4 Å². The molecule has 3 N–H and O–H groups in total. The fraction of sp³-hybridized carbons (Fsp3) is 0.190. The number of nitrogens with zero attached hydrogens (tertiary/aromatic N) is 2. The van der Waals surface area contributed by atoms with Crippen molar-refractivity contribution in [3.8, 4) is 5.75 Å². The summed E-state index contributed by atoms with van der Waals surface area (Å²) in [6.07, 6.45) is 1.92. The molecule has 0 spiro atoms. The van der Waals surface area contributed by atoms with Gasteiger partial charge in [0.2, 0.25) is 4.90 Å². The number of fused-ring (bicyclic) bond motifs is 1. The van der Waals surface area contributed by atoms with Crippen LogP contribution < -0.4 is 9.46 Å². The van der Waals surface area contributed by atoms with Crippen LogP contribution in [0.5, 0.6) is 5.75 Å². The second-order valence-corrected chi connectivity index (χ2v) is 7.96. The van der Waals surface area contributed by atoms with E-state index in [0.717, 1.165) is 38.8 Å². The van der Waals surface area contributed by atoms with Crippen LogP contribution >= 0.6 is 0 Å². The Balaban J connectivity index is 1.40. The van der Waals surface area contributed by atoms with E-state index >= 15 is 0 Å². The van der Waals surface area contributed by atoms with Gasteiger partial charge in [0, 0.05) is 24.8 Å². The maximum Gasteiger partial charge on any atom is 0.303 e. The molecule has 1 unspecified atom stereocenters. The second-order valence-electron chi connectivity index (χ2n) is 6.72. The maximum absolute atomic E-state index is 10.6. The molecule has 1 atom stereocenters. The van der Waals surface area contributed by atoms with E-state index < -0.39 is 11.4 Å². The Morgan fingerprint density at radius 3 is 2.64 bits per heavy atom. The highest BCUT2D eigenvalue weighted by Crippen LogP contribution is 2.24. The van der Waals surface area contributed by atoms with Crippen molar-refractivity contribution in [2.75, 3.05) is 4.72 Å². The van der Waals surface area contributed by atoms with Gasteiger partial charge in [0.15, 0.2) is 0 Å². The molecule has 2 heterocycles. The molecule has 6 nitrogen and oxygen atoms in total. The number of aromatic amines is 1. The van der Waals surface area contributed by atoms with Gasteiger partial charge in [0.05, 0.1) is 11.4 Å². The summed E-state index contributed by atoms with van der Waals surface area (Å²) in [6.45, 7) is 4.38. The number of ether oxygens (including phenoxy) is 1. The summed E-state index contributed by atoms with van der Waals surface area (Å²) in [5, 5.41) is 5.53. The summed E-state index contributed by atoms with van der Waals surface area (Å²) in [5.74, 6) is 0.824. The van der Waals surface area contributed by atoms with Crippen LogP contribution in [0.25, 0.3) is 10.9 Å². The van der Waals surface area contributed by atoms with E-state index in [1.807, 2.05) is 75.6 Å². The zero-order valence-corrected chi connectivity index (χ0v) is 16.9. The standard InChI is InChI=1S/C21H23N4O2S/c1-14-21(15(2)25(3)23-14)24-28(26)19-8-4-16(5-9-19)13-27-18-7-6-17-10-11-22-20(17)12-18/h4-12,22,24,26H,13H2,1-3H3/q+1. The fourth-order valence-corrected chi connectivity index (χ4v) is 4.08. The molecular formula is C21H23N4O2S+. The van der Waals surface area contributed by atoms with Crippen LogP contribution in [-0.2, 0) is 25.0 Å². The van der Waals surface area contributed by atoms with Gasteiger partial charge < -0.3 is 9.72 Å². The number of aryl methyl sites for hydroxylation is 2. The highest BCUT2D eigenvalue weighted by atomic mass is 32.2. The van der Waals surface area contributed by atoms with Crippen molar-refractivity contribution in [1.82, 2.24) is 14.8 Å². The smallest absolute Gasteiger partial charge is 0.303 e. The van der Waals surface area contributed by atoms with Gasteiger partial charge in [-0.1, -0.05) is 12.1 Å². The SMILES string of the molecule is Cc1nn(C)c(C)c1N[S+](O)c1ccc(COc2ccc3cc[nH]c3c2)cc1. The lowest BCUT2D eigenvalue weighted by Crippen LogP contribution is -2.14. The Bertz CT molecular complexity index is 1100. The monoisotopic (exact) mass is 395 g/mol. The maximum atomic E-state index is 10.6. The lowest BCUT2D eigenvalue weighted by molar-refractivity contribution is 0.306. The van der Waals surface area contributed by atoms with Crippen LogP contribution in [-0.4, -0.2) is 19.3 Å². The van der Waals surface area contributed by atoms with Gasteiger partial charge in [-0.3, -0.25) is 4.68 Å². The number of hydrogen-bond donors (Lipinski definition) is 3. The summed E-state index contributed by atoms with van der Waals surface area (Å²) >= 11 is -1.10. The minimum atomic E-state index is -1.10. The molecule has 0 radical (unpaired) electrons. The fourth-order valence-electron chi connectivity index (χ4n) is 3.07. The first-order valence-electron chi connectivity index (χ1n) is 9.00. The average molecular weight is 396 g/mol. The third-order valence-corrected chi connectivity index (χ3v) is 5.90. The Labute approximate surface area is 166 Å². The molecule has 4 aromatic rings. The summed E-state index contributed by atoms with van der Waals surface area (Å²) in [6, 6.07) is 15.8. The van der Waals surface area contributed by atoms with E-state index in [2.05, 4.69) is 14.8 Å². The quantitative estimate of drug-likeness (QED) is 0.418. The summed E-state index contributed by atoms with van der Waals surface area (Å²) in [5.41, 5.74) is 4.84. The normalized spacial score (nSPS) is 12.3. The van der Waals surface area contributed by atoms with Crippen molar-refractivity contribution in [1.29, 1.82) is 0 Å². The first-order valence-corrected chi connectivity index (χ1v) is 10.2. The van der Waals surface area contributed by atoms with Crippen molar-refractivity contribution in [2.45, 2.75) is 25.3 Å². The average Bonchev–Trinajstić information content (AvgIpc) is 3.26. The van der Waals surface area contributed by atoms with Crippen molar-refractivity contribution >= 4 is 28.0 Å². The lowest BCUT2D eigenvalue weighted by Gasteiger charge is -2.07. The van der Waals surface area contributed by atoms with Gasteiger partial charge in [0.25, 0.3) is 0 Å². The van der Waals surface area contributed by atoms with Crippen LogP contribution in [0.4, 0.5) is 5.69 Å². The highest BCUT2D eigenvalue weighted by Gasteiger charge is 2.24. The number of H-pyrrole nitrogens is 1. The van der Waals surface area contributed by atoms with Crippen molar-refractivity contribution in [2.24, 2.45) is 7.05 Å². The Hall–Kier alpha value is -2.90. The van der Waals surface area contributed by atoms with Crippen LogP contribution in [0.3, 0.4) is 0 Å². The molecule has 0 fully saturated rings. The molecule has 0 saturated heterocycles. The van der Waals surface area contributed by atoms with Gasteiger partial charge in [-0.05, 0) is 55.1 Å². The Morgan fingerprint density at radius 1 is 1.14 bits per heavy atom. The van der Waals surface area contributed by atoms with E-state index in [1.165, 1.54) is 5.39 Å². The number of hydrogen-bond acceptors (Lipinski definition) is 4. The largest absolute Gasteiger partial charge is 0.489 e. The molecule has 0 saturated carbocycles. The zero-order valence-electron chi connectivity index (χ0n) is 16.1. The van der Waals surface area contributed by atoms with Crippen molar-refractivity contribution < 1.29 is 9.29 Å². The van der Waals surface area contributed by atoms with Gasteiger partial charge >= 0.3 is 11.4 Å². The molecular weight excluding hydrogens is 372 g/mol. The predicted octanol–water partition coefficient (Wildman–Crippen LogP) is 4.57. The summed E-state index contributed by atoms with van der Waals surface area (Å²) < 4.78 is 21.4. The van der Waals surface area contributed by atoms with Crippen molar-refractivity contribution in [3.05, 3.63) is 71.7 Å². The van der Waals surface area contributed by atoms with Gasteiger partial charge in [0.1, 0.15) is 18.0 Å². The lowest BCUT2D eigenvalue weighted by atomic mass is 10.2. The zero-order chi connectivity index (χ0) is 19.7. The summed E-state index contributed by atoms with van der Waals surface area (Å²) in [4.78, 5) is 4.01. The Kier molecular flexibility index (Phi) is 5.02. The van der Waals surface area contributed by atoms with Crippen LogP contribution in [0, 0.1) is 13.8 Å². The minimum Gasteiger partial charge on any atom is -0.489 e. The molecule has 0 amide bonds. The molecule has 28 heavy (non-hydrogen) atoms. The summed E-state index contributed by atoms with van der Waals surface area (Å²) in [7, 11) is 1.89. The predicted molar refractivity (Wildman–Crippen MR) is 114 cm³/mol. The number of anilines is 1. The van der Waals surface area contributed by atoms with Crippen molar-refractivity contribution in [3.63, 3.8) is 0 Å². The molecule has 0 aliphatic rings. The molecule has 7 heteroatoms. The number of aromatic nitrogens is 3. The molecule has 0 aliphatic carbocycles. The molecule has 2 aromatic carbocycles. The molecule has 0 bridgehead atoms. The highest BCUT2D eigenvalue weighted by molar-refractivity contribution is 7.92. The van der Waals surface area contributed by atoms with E-state index in [0.29, 0.717) is 6.61 Å². The third-order valence-electron chi connectivity index (χ3n) is 4.79. The van der Waals surface area contributed by atoms with Gasteiger partial charge in [-0.15, -0.1) is 0 Å². The first-order chi connectivity index (χ1) is 13.5. The molecule has 0 aliphatic heterocycles. The minimum absolute atomic E-state index is 0.472. The van der Waals surface area contributed by atoms with E-state index in [4.69, 9.17) is 4.74 Å². The first kappa shape index (κ1) is 18.5. The van der Waals surface area contributed by atoms with Crippen LogP contribution in [0.15, 0.2) is 59.6 Å².